The van der Waals surface area contributed by atoms with Gasteiger partial charge in [-0.2, -0.15) is 0 Å². The van der Waals surface area contributed by atoms with Crippen LogP contribution in [0.3, 0.4) is 0 Å². The van der Waals surface area contributed by atoms with Crippen molar-refractivity contribution in [2.45, 2.75) is 13.0 Å². The Balaban J connectivity index is 1.70. The van der Waals surface area contributed by atoms with Crippen molar-refractivity contribution < 1.29 is 28.2 Å². The summed E-state index contributed by atoms with van der Waals surface area (Å²) in [5.74, 6) is -2.03. The number of amides is 3. The number of rotatable bonds is 7. The normalized spacial score (nSPS) is 10.0. The Kier molecular flexibility index (Phi) is 7.30. The molecule has 0 aliphatic heterocycles. The number of benzene rings is 2. The van der Waals surface area contributed by atoms with Crippen molar-refractivity contribution in [3.63, 3.8) is 0 Å². The van der Waals surface area contributed by atoms with E-state index in [1.165, 1.54) is 19.2 Å². The molecule has 2 N–H and O–H groups in total. The highest BCUT2D eigenvalue weighted by Gasteiger charge is 2.12. The zero-order valence-corrected chi connectivity index (χ0v) is 14.7. The summed E-state index contributed by atoms with van der Waals surface area (Å²) in [4.78, 5) is 35.0. The summed E-state index contributed by atoms with van der Waals surface area (Å²) in [5.41, 5.74) is 1.25. The van der Waals surface area contributed by atoms with Gasteiger partial charge in [0.15, 0.2) is 18.2 Å². The third-order valence-electron chi connectivity index (χ3n) is 3.48. The Morgan fingerprint density at radius 1 is 1.04 bits per heavy atom. The molecule has 0 bridgehead atoms. The number of hydrogen-bond donors (Lipinski definition) is 2. The SMILES string of the molecule is COc1ccc(CC(=O)OCC(=O)NC(=O)NCc2ccccc2)cc1F. The first kappa shape index (κ1) is 19.9. The van der Waals surface area contributed by atoms with Crippen LogP contribution < -0.4 is 15.4 Å². The highest BCUT2D eigenvalue weighted by Crippen LogP contribution is 2.18. The molecular weight excluding hydrogens is 355 g/mol. The number of esters is 1. The molecule has 2 rings (SSSR count). The van der Waals surface area contributed by atoms with Crippen molar-refractivity contribution in [2.24, 2.45) is 0 Å². The van der Waals surface area contributed by atoms with E-state index in [9.17, 15) is 18.8 Å². The average Bonchev–Trinajstić information content (AvgIpc) is 2.66. The average molecular weight is 374 g/mol. The van der Waals surface area contributed by atoms with Crippen LogP contribution in [0.5, 0.6) is 5.75 Å². The number of methoxy groups -OCH3 is 1. The Labute approximate surface area is 155 Å². The summed E-state index contributed by atoms with van der Waals surface area (Å²) >= 11 is 0. The Morgan fingerprint density at radius 2 is 1.78 bits per heavy atom. The molecule has 0 aliphatic rings. The van der Waals surface area contributed by atoms with E-state index in [0.717, 1.165) is 11.6 Å². The van der Waals surface area contributed by atoms with Crippen molar-refractivity contribution in [2.75, 3.05) is 13.7 Å². The van der Waals surface area contributed by atoms with Gasteiger partial charge in [0.05, 0.1) is 13.5 Å². The number of urea groups is 1. The minimum atomic E-state index is -0.769. The van der Waals surface area contributed by atoms with Crippen molar-refractivity contribution in [1.82, 2.24) is 10.6 Å². The van der Waals surface area contributed by atoms with E-state index in [0.29, 0.717) is 5.56 Å². The maximum atomic E-state index is 13.6. The van der Waals surface area contributed by atoms with Gasteiger partial charge in [0.2, 0.25) is 0 Å². The number of nitrogens with one attached hydrogen (secondary N) is 2. The molecule has 2 aromatic carbocycles. The third kappa shape index (κ3) is 6.77. The lowest BCUT2D eigenvalue weighted by molar-refractivity contribution is -0.147. The van der Waals surface area contributed by atoms with Gasteiger partial charge in [0, 0.05) is 6.54 Å². The molecule has 142 valence electrons. The molecule has 0 fully saturated rings. The Hall–Kier alpha value is -3.42. The zero-order valence-electron chi connectivity index (χ0n) is 14.7. The first-order chi connectivity index (χ1) is 13.0. The molecule has 0 spiro atoms. The first-order valence-corrected chi connectivity index (χ1v) is 8.07. The van der Waals surface area contributed by atoms with Gasteiger partial charge in [-0.05, 0) is 23.3 Å². The van der Waals surface area contributed by atoms with Crippen LogP contribution in [0.25, 0.3) is 0 Å². The van der Waals surface area contributed by atoms with Gasteiger partial charge < -0.3 is 14.8 Å². The molecule has 2 aromatic rings. The van der Waals surface area contributed by atoms with Gasteiger partial charge in [0.25, 0.3) is 5.91 Å². The van der Waals surface area contributed by atoms with Crippen LogP contribution in [0.4, 0.5) is 9.18 Å². The molecule has 0 saturated heterocycles. The van der Waals surface area contributed by atoms with Gasteiger partial charge in [-0.25, -0.2) is 9.18 Å². The summed E-state index contributed by atoms with van der Waals surface area (Å²) in [6.07, 6.45) is -0.214. The largest absolute Gasteiger partial charge is 0.494 e. The van der Waals surface area contributed by atoms with Crippen molar-refractivity contribution >= 4 is 17.9 Å². The second-order valence-electron chi connectivity index (χ2n) is 5.52. The summed E-state index contributed by atoms with van der Waals surface area (Å²) < 4.78 is 23.1. The van der Waals surface area contributed by atoms with Crippen LogP contribution >= 0.6 is 0 Å². The number of halogens is 1. The maximum Gasteiger partial charge on any atom is 0.321 e. The summed E-state index contributed by atoms with van der Waals surface area (Å²) in [6.45, 7) is -0.362. The Morgan fingerprint density at radius 3 is 2.44 bits per heavy atom. The van der Waals surface area contributed by atoms with Gasteiger partial charge in [-0.3, -0.25) is 14.9 Å². The minimum absolute atomic E-state index is 0.0630. The van der Waals surface area contributed by atoms with E-state index >= 15 is 0 Å². The van der Waals surface area contributed by atoms with Crippen molar-refractivity contribution in [3.8, 4) is 5.75 Å². The molecule has 0 unspecified atom stereocenters. The van der Waals surface area contributed by atoms with Crippen LogP contribution in [-0.4, -0.2) is 31.6 Å². The summed E-state index contributed by atoms with van der Waals surface area (Å²) in [5, 5.41) is 4.56. The number of imide groups is 1. The molecule has 27 heavy (non-hydrogen) atoms. The fourth-order valence-corrected chi connectivity index (χ4v) is 2.17. The van der Waals surface area contributed by atoms with Gasteiger partial charge in [-0.15, -0.1) is 0 Å². The van der Waals surface area contributed by atoms with E-state index in [1.807, 2.05) is 30.3 Å². The van der Waals surface area contributed by atoms with Crippen LogP contribution in [0.1, 0.15) is 11.1 Å². The fourth-order valence-electron chi connectivity index (χ4n) is 2.17. The second-order valence-corrected chi connectivity index (χ2v) is 5.52. The predicted molar refractivity (Wildman–Crippen MR) is 94.4 cm³/mol. The molecule has 8 heteroatoms. The molecule has 0 aromatic heterocycles. The number of hydrogen-bond acceptors (Lipinski definition) is 5. The lowest BCUT2D eigenvalue weighted by Gasteiger charge is -2.08. The van der Waals surface area contributed by atoms with Gasteiger partial charge in [0.1, 0.15) is 0 Å². The Bertz CT molecular complexity index is 811. The molecule has 0 saturated carbocycles. The minimum Gasteiger partial charge on any atom is -0.494 e. The van der Waals surface area contributed by atoms with E-state index in [-0.39, 0.29) is 18.7 Å². The summed E-state index contributed by atoms with van der Waals surface area (Å²) in [7, 11) is 1.33. The molecule has 0 heterocycles. The third-order valence-corrected chi connectivity index (χ3v) is 3.48. The molecule has 7 nitrogen and oxygen atoms in total. The van der Waals surface area contributed by atoms with E-state index in [2.05, 4.69) is 10.6 Å². The predicted octanol–water partition coefficient (Wildman–Crippen LogP) is 1.95. The highest BCUT2D eigenvalue weighted by atomic mass is 19.1. The molecule has 3 amide bonds. The zero-order chi connectivity index (χ0) is 19.6. The topological polar surface area (TPSA) is 93.7 Å². The standard InChI is InChI=1S/C19H19FN2O5/c1-26-16-8-7-14(9-15(16)20)10-18(24)27-12-17(23)22-19(25)21-11-13-5-3-2-4-6-13/h2-9H,10-12H2,1H3,(H2,21,22,23,25). The van der Waals surface area contributed by atoms with Crippen LogP contribution in [0.15, 0.2) is 48.5 Å². The molecular formula is C19H19FN2O5. The van der Waals surface area contributed by atoms with E-state index in [1.54, 1.807) is 0 Å². The monoisotopic (exact) mass is 374 g/mol. The highest BCUT2D eigenvalue weighted by molar-refractivity contribution is 5.95. The van der Waals surface area contributed by atoms with Gasteiger partial charge >= 0.3 is 12.0 Å². The van der Waals surface area contributed by atoms with Crippen molar-refractivity contribution in [1.29, 1.82) is 0 Å². The summed E-state index contributed by atoms with van der Waals surface area (Å²) in [6, 6.07) is 12.5. The first-order valence-electron chi connectivity index (χ1n) is 8.07. The molecule has 0 aliphatic carbocycles. The lowest BCUT2D eigenvalue weighted by Crippen LogP contribution is -2.41. The second kappa shape index (κ2) is 9.91. The number of carbonyl (C=O) groups excluding carboxylic acids is 3. The molecule has 0 radical (unpaired) electrons. The lowest BCUT2D eigenvalue weighted by atomic mass is 10.1. The quantitative estimate of drug-likeness (QED) is 0.723. The van der Waals surface area contributed by atoms with E-state index in [4.69, 9.17) is 9.47 Å². The van der Waals surface area contributed by atoms with Crippen LogP contribution in [-0.2, 0) is 27.3 Å². The maximum absolute atomic E-state index is 13.6. The van der Waals surface area contributed by atoms with Crippen molar-refractivity contribution in [3.05, 3.63) is 65.5 Å². The van der Waals surface area contributed by atoms with Gasteiger partial charge in [-0.1, -0.05) is 36.4 Å². The smallest absolute Gasteiger partial charge is 0.321 e. The van der Waals surface area contributed by atoms with E-state index < -0.39 is 30.3 Å². The van der Waals surface area contributed by atoms with Crippen LogP contribution in [0, 0.1) is 5.82 Å². The fraction of sp³-hybridized carbons (Fsp3) is 0.211. The molecule has 0 atom stereocenters. The van der Waals surface area contributed by atoms with Crippen LogP contribution in [0.2, 0.25) is 0 Å². The number of carbonyl (C=O) groups is 3. The number of ether oxygens (including phenoxy) is 2.